The molecule has 1 aromatic heterocycles. The van der Waals surface area contributed by atoms with E-state index in [-0.39, 0.29) is 24.0 Å². The molecule has 0 aliphatic rings. The van der Waals surface area contributed by atoms with Gasteiger partial charge in [0, 0.05) is 29.3 Å². The van der Waals surface area contributed by atoms with E-state index in [9.17, 15) is 0 Å². The van der Waals surface area contributed by atoms with Crippen LogP contribution in [0.2, 0.25) is 0 Å². The molecule has 0 aliphatic carbocycles. The smallest absolute Gasteiger partial charge is 0.193 e. The molecule has 0 radical (unpaired) electrons. The van der Waals surface area contributed by atoms with Crippen LogP contribution in [0.5, 0.6) is 0 Å². The zero-order valence-electron chi connectivity index (χ0n) is 14.7. The van der Waals surface area contributed by atoms with Gasteiger partial charge in [-0.25, -0.2) is 0 Å². The molecule has 0 unspecified atom stereocenters. The van der Waals surface area contributed by atoms with Gasteiger partial charge in [-0.05, 0) is 43.0 Å². The van der Waals surface area contributed by atoms with Gasteiger partial charge in [0.25, 0.3) is 0 Å². The average Bonchev–Trinajstić information content (AvgIpc) is 3.00. The highest BCUT2D eigenvalue weighted by Gasteiger charge is 2.06. The number of rotatable bonds is 5. The van der Waals surface area contributed by atoms with Crippen molar-refractivity contribution in [2.75, 3.05) is 11.9 Å². The van der Waals surface area contributed by atoms with Crippen molar-refractivity contribution in [2.24, 2.45) is 10.7 Å². The van der Waals surface area contributed by atoms with Crippen LogP contribution in [0.3, 0.4) is 0 Å². The summed E-state index contributed by atoms with van der Waals surface area (Å²) in [5.41, 5.74) is 12.0. The van der Waals surface area contributed by atoms with Gasteiger partial charge in [-0.2, -0.15) is 0 Å². The lowest BCUT2D eigenvalue weighted by Gasteiger charge is -2.06. The number of fused-ring (bicyclic) bond motifs is 1. The minimum atomic E-state index is 0. The minimum Gasteiger partial charge on any atom is -0.370 e. The quantitative estimate of drug-likeness (QED) is 0.303. The van der Waals surface area contributed by atoms with Gasteiger partial charge in [0.2, 0.25) is 0 Å². The average molecular weight is 448 g/mol. The molecule has 132 valence electrons. The molecular formula is C20H25IN4. The molecule has 1 heterocycles. The molecule has 0 saturated carbocycles. The molecule has 4 N–H and O–H groups in total. The molecule has 4 nitrogen and oxygen atoms in total. The predicted octanol–water partition coefficient (Wildman–Crippen LogP) is 4.63. The van der Waals surface area contributed by atoms with Crippen LogP contribution in [-0.2, 0) is 12.8 Å². The van der Waals surface area contributed by atoms with Crippen LogP contribution in [0.4, 0.5) is 5.69 Å². The first-order valence-corrected chi connectivity index (χ1v) is 8.39. The summed E-state index contributed by atoms with van der Waals surface area (Å²) >= 11 is 0. The van der Waals surface area contributed by atoms with Gasteiger partial charge in [-0.3, -0.25) is 4.99 Å². The molecule has 3 rings (SSSR count). The van der Waals surface area contributed by atoms with E-state index in [4.69, 9.17) is 5.73 Å². The van der Waals surface area contributed by atoms with Crippen molar-refractivity contribution < 1.29 is 0 Å². The number of nitrogens with zero attached hydrogens (tertiary/aromatic N) is 1. The number of aromatic nitrogens is 1. The molecule has 0 amide bonds. The SMILES string of the molecule is CCc1cccc2c(CCN=C(N)Nc3ccc(C)cc3)c[nH]c12.I. The second-order valence-electron chi connectivity index (χ2n) is 6.02. The molecule has 0 saturated heterocycles. The fourth-order valence-corrected chi connectivity index (χ4v) is 2.90. The van der Waals surface area contributed by atoms with Crippen LogP contribution in [0.15, 0.2) is 53.7 Å². The van der Waals surface area contributed by atoms with Crippen molar-refractivity contribution in [1.82, 2.24) is 4.98 Å². The van der Waals surface area contributed by atoms with E-state index in [0.29, 0.717) is 12.5 Å². The van der Waals surface area contributed by atoms with Crippen LogP contribution < -0.4 is 11.1 Å². The second-order valence-corrected chi connectivity index (χ2v) is 6.02. The number of halogens is 1. The molecule has 0 fully saturated rings. The number of hydrogen-bond donors (Lipinski definition) is 3. The van der Waals surface area contributed by atoms with E-state index < -0.39 is 0 Å². The Kier molecular flexibility index (Phi) is 6.87. The molecule has 25 heavy (non-hydrogen) atoms. The Balaban J connectivity index is 0.00000225. The summed E-state index contributed by atoms with van der Waals surface area (Å²) < 4.78 is 0. The van der Waals surface area contributed by atoms with Crippen molar-refractivity contribution in [3.05, 3.63) is 65.4 Å². The lowest BCUT2D eigenvalue weighted by molar-refractivity contribution is 0.972. The van der Waals surface area contributed by atoms with E-state index in [1.54, 1.807) is 0 Å². The Morgan fingerprint density at radius 3 is 2.60 bits per heavy atom. The maximum atomic E-state index is 5.97. The Morgan fingerprint density at radius 2 is 1.88 bits per heavy atom. The van der Waals surface area contributed by atoms with Crippen molar-refractivity contribution in [3.63, 3.8) is 0 Å². The molecule has 2 aromatic carbocycles. The number of nitrogens with two attached hydrogens (primary N) is 1. The van der Waals surface area contributed by atoms with Gasteiger partial charge in [0.15, 0.2) is 5.96 Å². The Morgan fingerprint density at radius 1 is 1.12 bits per heavy atom. The molecular weight excluding hydrogens is 423 g/mol. The van der Waals surface area contributed by atoms with Gasteiger partial charge in [0.1, 0.15) is 0 Å². The number of H-pyrrole nitrogens is 1. The van der Waals surface area contributed by atoms with Crippen molar-refractivity contribution in [2.45, 2.75) is 26.7 Å². The number of para-hydroxylation sites is 1. The lowest BCUT2D eigenvalue weighted by Crippen LogP contribution is -2.23. The third kappa shape index (κ3) is 4.75. The van der Waals surface area contributed by atoms with Gasteiger partial charge in [-0.15, -0.1) is 24.0 Å². The van der Waals surface area contributed by atoms with Gasteiger partial charge in [0.05, 0.1) is 0 Å². The monoisotopic (exact) mass is 448 g/mol. The normalized spacial score (nSPS) is 11.4. The number of guanidine groups is 1. The largest absolute Gasteiger partial charge is 0.370 e. The summed E-state index contributed by atoms with van der Waals surface area (Å²) in [6.45, 7) is 4.90. The standard InChI is InChI=1S/C20H24N4.HI/c1-3-15-5-4-6-18-16(13-23-19(15)18)11-12-22-20(21)24-17-9-7-14(2)8-10-17;/h4-10,13,23H,3,11-12H2,1-2H3,(H3,21,22,24);1H. The first kappa shape index (κ1) is 19.3. The molecule has 3 aromatic rings. The van der Waals surface area contributed by atoms with Crippen LogP contribution in [0.25, 0.3) is 10.9 Å². The summed E-state index contributed by atoms with van der Waals surface area (Å²) in [5, 5.41) is 4.41. The van der Waals surface area contributed by atoms with Gasteiger partial charge >= 0.3 is 0 Å². The zero-order chi connectivity index (χ0) is 16.9. The lowest BCUT2D eigenvalue weighted by atomic mass is 10.1. The third-order valence-corrected chi connectivity index (χ3v) is 4.26. The maximum Gasteiger partial charge on any atom is 0.193 e. The topological polar surface area (TPSA) is 66.2 Å². The second kappa shape index (κ2) is 8.89. The molecule has 0 spiro atoms. The summed E-state index contributed by atoms with van der Waals surface area (Å²) in [7, 11) is 0. The Labute approximate surface area is 165 Å². The maximum absolute atomic E-state index is 5.97. The van der Waals surface area contributed by atoms with Crippen molar-refractivity contribution in [3.8, 4) is 0 Å². The summed E-state index contributed by atoms with van der Waals surface area (Å²) in [6, 6.07) is 14.6. The zero-order valence-corrected chi connectivity index (χ0v) is 17.0. The molecule has 0 aliphatic heterocycles. The highest BCUT2D eigenvalue weighted by atomic mass is 127. The number of hydrogen-bond acceptors (Lipinski definition) is 1. The fraction of sp³-hybridized carbons (Fsp3) is 0.250. The van der Waals surface area contributed by atoms with Crippen molar-refractivity contribution in [1.29, 1.82) is 0 Å². The number of aromatic amines is 1. The first-order valence-electron chi connectivity index (χ1n) is 8.39. The highest BCUT2D eigenvalue weighted by Crippen LogP contribution is 2.22. The molecule has 5 heteroatoms. The van der Waals surface area contributed by atoms with Crippen LogP contribution in [0, 0.1) is 6.92 Å². The van der Waals surface area contributed by atoms with E-state index in [1.165, 1.54) is 27.6 Å². The highest BCUT2D eigenvalue weighted by molar-refractivity contribution is 14.0. The van der Waals surface area contributed by atoms with Gasteiger partial charge < -0.3 is 16.0 Å². The van der Waals surface area contributed by atoms with Crippen LogP contribution in [0.1, 0.15) is 23.6 Å². The third-order valence-electron chi connectivity index (χ3n) is 4.26. The summed E-state index contributed by atoms with van der Waals surface area (Å²) in [4.78, 5) is 7.83. The van der Waals surface area contributed by atoms with Gasteiger partial charge in [-0.1, -0.05) is 42.8 Å². The molecule has 0 bridgehead atoms. The van der Waals surface area contributed by atoms with Crippen LogP contribution >= 0.6 is 24.0 Å². The summed E-state index contributed by atoms with van der Waals surface area (Å²) in [5.74, 6) is 0.452. The number of anilines is 1. The fourth-order valence-electron chi connectivity index (χ4n) is 2.90. The number of aliphatic imine (C=N–C) groups is 1. The number of nitrogens with one attached hydrogen (secondary N) is 2. The van der Waals surface area contributed by atoms with E-state index >= 15 is 0 Å². The Bertz CT molecular complexity index is 850. The Hall–Kier alpha value is -2.02. The van der Waals surface area contributed by atoms with E-state index in [2.05, 4.69) is 53.5 Å². The summed E-state index contributed by atoms with van der Waals surface area (Å²) in [6.07, 6.45) is 3.98. The minimum absolute atomic E-state index is 0. The number of benzene rings is 2. The first-order chi connectivity index (χ1) is 11.7. The molecule has 0 atom stereocenters. The van der Waals surface area contributed by atoms with E-state index in [0.717, 1.165) is 18.5 Å². The number of aryl methyl sites for hydroxylation is 2. The van der Waals surface area contributed by atoms with Crippen LogP contribution in [-0.4, -0.2) is 17.5 Å². The van der Waals surface area contributed by atoms with E-state index in [1.807, 2.05) is 24.3 Å². The predicted molar refractivity (Wildman–Crippen MR) is 118 cm³/mol. The van der Waals surface area contributed by atoms with Crippen molar-refractivity contribution >= 4 is 46.5 Å².